The number of nitrogens with zero attached hydrogens (tertiary/aromatic N) is 3. The molecule has 1 aliphatic rings. The fourth-order valence-electron chi connectivity index (χ4n) is 3.10. The smallest absolute Gasteiger partial charge is 0.265 e. The first-order valence-corrected chi connectivity index (χ1v) is 11.0. The number of sulfonamides is 1. The molecular weight excluding hydrogens is 370 g/mol. The zero-order chi connectivity index (χ0) is 18.9. The van der Waals surface area contributed by atoms with Crippen LogP contribution in [0.4, 0.5) is 0 Å². The van der Waals surface area contributed by atoms with Crippen LogP contribution < -0.4 is 0 Å². The summed E-state index contributed by atoms with van der Waals surface area (Å²) in [5, 5.41) is 0.866. The molecule has 0 bridgehead atoms. The zero-order valence-electron chi connectivity index (χ0n) is 15.2. The van der Waals surface area contributed by atoms with E-state index in [1.54, 1.807) is 4.90 Å². The highest BCUT2D eigenvalue weighted by Gasteiger charge is 2.30. The van der Waals surface area contributed by atoms with E-state index >= 15 is 0 Å². The van der Waals surface area contributed by atoms with Crippen LogP contribution in [0.15, 0.2) is 24.3 Å². The van der Waals surface area contributed by atoms with Gasteiger partial charge in [0.15, 0.2) is 0 Å². The fourth-order valence-corrected chi connectivity index (χ4v) is 5.61. The maximum atomic E-state index is 12.7. The third kappa shape index (κ3) is 3.97. The topological polar surface area (TPSA) is 70.6 Å². The van der Waals surface area contributed by atoms with Gasteiger partial charge in [-0.2, -0.15) is 4.31 Å². The third-order valence-corrected chi connectivity index (χ3v) is 7.50. The molecule has 3 rings (SSSR count). The molecule has 0 saturated carbocycles. The summed E-state index contributed by atoms with van der Waals surface area (Å²) in [4.78, 5) is 19.3. The van der Waals surface area contributed by atoms with Gasteiger partial charge in [-0.3, -0.25) is 4.79 Å². The number of carbonyl (C=O) groups excluding carboxylic acids is 1. The van der Waals surface area contributed by atoms with E-state index in [2.05, 4.69) is 4.98 Å². The number of rotatable bonds is 4. The van der Waals surface area contributed by atoms with Crippen LogP contribution >= 0.6 is 11.3 Å². The van der Waals surface area contributed by atoms with Crippen molar-refractivity contribution in [2.75, 3.05) is 26.2 Å². The summed E-state index contributed by atoms with van der Waals surface area (Å²) in [5.41, 5.74) is 2.54. The minimum atomic E-state index is -3.39. The minimum absolute atomic E-state index is 0.000761. The first kappa shape index (κ1) is 19.0. The third-order valence-electron chi connectivity index (χ3n) is 4.62. The Morgan fingerprint density at radius 2 is 1.77 bits per heavy atom. The first-order valence-electron chi connectivity index (χ1n) is 8.53. The average molecular weight is 394 g/mol. The molecule has 140 valence electrons. The predicted molar refractivity (Wildman–Crippen MR) is 103 cm³/mol. The van der Waals surface area contributed by atoms with Gasteiger partial charge in [0.1, 0.15) is 4.88 Å². The summed E-state index contributed by atoms with van der Waals surface area (Å²) in [6.07, 6.45) is 0. The molecule has 1 amide bonds. The zero-order valence-corrected chi connectivity index (χ0v) is 16.9. The lowest BCUT2D eigenvalue weighted by molar-refractivity contribution is 0.0701. The van der Waals surface area contributed by atoms with Crippen molar-refractivity contribution in [2.24, 2.45) is 0 Å². The van der Waals surface area contributed by atoms with Gasteiger partial charge < -0.3 is 4.90 Å². The number of hydrogen-bond donors (Lipinski definition) is 0. The van der Waals surface area contributed by atoms with Crippen LogP contribution in [0.2, 0.25) is 0 Å². The Morgan fingerprint density at radius 1 is 1.12 bits per heavy atom. The number of piperazine rings is 1. The normalized spacial score (nSPS) is 16.0. The van der Waals surface area contributed by atoms with E-state index in [9.17, 15) is 13.2 Å². The Balaban J connectivity index is 1.65. The Bertz CT molecular complexity index is 914. The van der Waals surface area contributed by atoms with E-state index < -0.39 is 10.0 Å². The molecule has 0 unspecified atom stereocenters. The van der Waals surface area contributed by atoms with Crippen molar-refractivity contribution in [3.63, 3.8) is 0 Å². The van der Waals surface area contributed by atoms with Crippen LogP contribution in [0.5, 0.6) is 0 Å². The Hall–Kier alpha value is -1.77. The number of benzene rings is 1. The molecule has 1 aliphatic heterocycles. The Kier molecular flexibility index (Phi) is 5.45. The van der Waals surface area contributed by atoms with Gasteiger partial charge >= 0.3 is 0 Å². The van der Waals surface area contributed by atoms with Crippen molar-refractivity contribution >= 4 is 27.3 Å². The summed E-state index contributed by atoms with van der Waals surface area (Å²) >= 11 is 1.39. The number of amides is 1. The molecule has 2 aromatic rings. The largest absolute Gasteiger partial charge is 0.335 e. The summed E-state index contributed by atoms with van der Waals surface area (Å²) in [5.74, 6) is -0.0510. The number of carbonyl (C=O) groups is 1. The summed E-state index contributed by atoms with van der Waals surface area (Å²) in [6.45, 7) is 7.10. The minimum Gasteiger partial charge on any atom is -0.335 e. The monoisotopic (exact) mass is 393 g/mol. The molecule has 0 N–H and O–H groups in total. The number of aryl methyl sites for hydroxylation is 3. The maximum Gasteiger partial charge on any atom is 0.265 e. The van der Waals surface area contributed by atoms with E-state index in [1.165, 1.54) is 15.6 Å². The van der Waals surface area contributed by atoms with Gasteiger partial charge in [-0.05, 0) is 31.9 Å². The van der Waals surface area contributed by atoms with Crippen LogP contribution in [0.1, 0.15) is 31.5 Å². The Morgan fingerprint density at radius 3 is 2.35 bits per heavy atom. The van der Waals surface area contributed by atoms with Gasteiger partial charge in [0, 0.05) is 26.2 Å². The van der Waals surface area contributed by atoms with Crippen molar-refractivity contribution in [2.45, 2.75) is 26.5 Å². The molecule has 0 atom stereocenters. The molecule has 0 spiro atoms. The molecular formula is C18H23N3O3S2. The summed E-state index contributed by atoms with van der Waals surface area (Å²) in [6, 6.07) is 7.52. The first-order chi connectivity index (χ1) is 12.3. The van der Waals surface area contributed by atoms with Gasteiger partial charge in [-0.15, -0.1) is 11.3 Å². The predicted octanol–water partition coefficient (Wildman–Crippen LogP) is 2.36. The highest BCUT2D eigenvalue weighted by Crippen LogP contribution is 2.21. The van der Waals surface area contributed by atoms with E-state index in [4.69, 9.17) is 0 Å². The van der Waals surface area contributed by atoms with Crippen LogP contribution in [0.25, 0.3) is 0 Å². The molecule has 8 heteroatoms. The molecule has 1 aromatic carbocycles. The van der Waals surface area contributed by atoms with Crippen LogP contribution in [-0.4, -0.2) is 54.7 Å². The fraction of sp³-hybridized carbons (Fsp3) is 0.444. The van der Waals surface area contributed by atoms with Crippen molar-refractivity contribution in [3.05, 3.63) is 51.0 Å². The SMILES string of the molecule is Cc1nc(C)c(C(=O)N2CCN(S(=O)(=O)Cc3ccccc3C)CC2)s1. The van der Waals surface area contributed by atoms with Gasteiger partial charge in [0.25, 0.3) is 5.91 Å². The van der Waals surface area contributed by atoms with Gasteiger partial charge in [0.05, 0.1) is 16.5 Å². The molecule has 2 heterocycles. The van der Waals surface area contributed by atoms with Crippen molar-refractivity contribution < 1.29 is 13.2 Å². The van der Waals surface area contributed by atoms with E-state index in [-0.39, 0.29) is 11.7 Å². The van der Waals surface area contributed by atoms with Crippen LogP contribution in [-0.2, 0) is 15.8 Å². The molecule has 6 nitrogen and oxygen atoms in total. The van der Waals surface area contributed by atoms with Crippen molar-refractivity contribution in [1.82, 2.24) is 14.2 Å². The van der Waals surface area contributed by atoms with Crippen molar-refractivity contribution in [3.8, 4) is 0 Å². The highest BCUT2D eigenvalue weighted by atomic mass is 32.2. The van der Waals surface area contributed by atoms with Gasteiger partial charge in [0.2, 0.25) is 10.0 Å². The summed E-state index contributed by atoms with van der Waals surface area (Å²) < 4.78 is 26.9. The molecule has 0 radical (unpaired) electrons. The van der Waals surface area contributed by atoms with Crippen molar-refractivity contribution in [1.29, 1.82) is 0 Å². The van der Waals surface area contributed by atoms with E-state index in [0.29, 0.717) is 31.1 Å². The van der Waals surface area contributed by atoms with Crippen LogP contribution in [0, 0.1) is 20.8 Å². The van der Waals surface area contributed by atoms with Crippen LogP contribution in [0.3, 0.4) is 0 Å². The van der Waals surface area contributed by atoms with Gasteiger partial charge in [-0.1, -0.05) is 24.3 Å². The quantitative estimate of drug-likeness (QED) is 0.800. The van der Waals surface area contributed by atoms with Gasteiger partial charge in [-0.25, -0.2) is 13.4 Å². The Labute approximate surface area is 158 Å². The molecule has 1 saturated heterocycles. The van der Waals surface area contributed by atoms with E-state index in [0.717, 1.165) is 21.8 Å². The second-order valence-corrected chi connectivity index (χ2v) is 9.69. The lowest BCUT2D eigenvalue weighted by atomic mass is 10.1. The maximum absolute atomic E-state index is 12.7. The molecule has 1 aromatic heterocycles. The summed E-state index contributed by atoms with van der Waals surface area (Å²) in [7, 11) is -3.39. The molecule has 1 fully saturated rings. The average Bonchev–Trinajstić information content (AvgIpc) is 2.94. The van der Waals surface area contributed by atoms with E-state index in [1.807, 2.05) is 45.0 Å². The molecule has 0 aliphatic carbocycles. The lowest BCUT2D eigenvalue weighted by Crippen LogP contribution is -2.50. The number of hydrogen-bond acceptors (Lipinski definition) is 5. The molecule has 26 heavy (non-hydrogen) atoms. The number of thiazole rings is 1. The standard InChI is InChI=1S/C18H23N3O3S2/c1-13-6-4-5-7-16(13)12-26(23,24)21-10-8-20(9-11-21)18(22)17-14(2)19-15(3)25-17/h4-7H,8-12H2,1-3H3. The lowest BCUT2D eigenvalue weighted by Gasteiger charge is -2.34. The second kappa shape index (κ2) is 7.46. The highest BCUT2D eigenvalue weighted by molar-refractivity contribution is 7.88. The second-order valence-electron chi connectivity index (χ2n) is 6.52. The number of aromatic nitrogens is 1.